The molecule has 0 N–H and O–H groups in total. The number of hydrogen-bond acceptors (Lipinski definition) is 11. The van der Waals surface area contributed by atoms with E-state index in [0.29, 0.717) is 11.5 Å². The molecule has 4 saturated heterocycles. The minimum Gasteiger partial charge on any atom is -0.265 e. The molecule has 98 heavy (non-hydrogen) atoms. The molecule has 12 rings (SSSR count). The van der Waals surface area contributed by atoms with Crippen LogP contribution in [-0.4, -0.2) is 138 Å². The van der Waals surface area contributed by atoms with Crippen molar-refractivity contribution in [3.05, 3.63) is 245 Å². The van der Waals surface area contributed by atoms with Crippen LogP contribution >= 0.6 is 38.8 Å². The fourth-order valence-electron chi connectivity index (χ4n) is 11.9. The second kappa shape index (κ2) is 38.2. The molecular formula is C75H89Cl4N7O8Ru2S2-2. The van der Waals surface area contributed by atoms with Gasteiger partial charge in [0, 0.05) is 55.5 Å². The number of benzene rings is 6. The van der Waals surface area contributed by atoms with E-state index in [-0.39, 0.29) is 24.9 Å². The number of ether oxygens (including phenoxy) is 2. The maximum atomic E-state index is 12.2. The number of nitrogens with zero attached hydrogens (tertiary/aromatic N) is 7. The van der Waals surface area contributed by atoms with Gasteiger partial charge in [-0.15, -0.1) is 0 Å². The van der Waals surface area contributed by atoms with Gasteiger partial charge in [0.2, 0.25) is 0 Å². The molecule has 5 aliphatic rings. The summed E-state index contributed by atoms with van der Waals surface area (Å²) in [5.41, 5.74) is 17.5. The zero-order chi connectivity index (χ0) is 71.3. The molecule has 0 saturated carbocycles. The molecule has 2 amide bonds. The Morgan fingerprint density at radius 1 is 0.531 bits per heavy atom. The normalized spacial score (nSPS) is 15.9. The van der Waals surface area contributed by atoms with Crippen molar-refractivity contribution in [3.63, 3.8) is 0 Å². The summed E-state index contributed by atoms with van der Waals surface area (Å²) in [5, 5.41) is 0. The average molecular weight is 1620 g/mol. The van der Waals surface area contributed by atoms with Crippen LogP contribution in [0.1, 0.15) is 101 Å². The van der Waals surface area contributed by atoms with Crippen LogP contribution in [0, 0.1) is 54.9 Å². The number of anilines is 2. The van der Waals surface area contributed by atoms with Crippen LogP contribution in [0.3, 0.4) is 0 Å². The van der Waals surface area contributed by atoms with Gasteiger partial charge in [0.15, 0.2) is 26.2 Å². The van der Waals surface area contributed by atoms with E-state index >= 15 is 0 Å². The fraction of sp³-hybridized carbons (Fsp3) is 0.320. The van der Waals surface area contributed by atoms with Gasteiger partial charge in [0.1, 0.15) is 5.75 Å². The molecule has 530 valence electrons. The van der Waals surface area contributed by atoms with Crippen LogP contribution in [0.25, 0.3) is 11.6 Å². The topological polar surface area (TPSA) is 153 Å². The number of para-hydroxylation sites is 2. The molecule has 0 bridgehead atoms. The van der Waals surface area contributed by atoms with Gasteiger partial charge in [-0.3, -0.25) is 9.78 Å². The van der Waals surface area contributed by atoms with Crippen molar-refractivity contribution in [2.75, 3.05) is 74.7 Å². The third kappa shape index (κ3) is 23.3. The zero-order valence-corrected chi connectivity index (χ0v) is 65.3. The molecule has 0 radical (unpaired) electrons. The Bertz CT molecular complexity index is 4020. The Morgan fingerprint density at radius 3 is 1.32 bits per heavy atom. The number of aromatic nitrogens is 1. The first kappa shape index (κ1) is 79.4. The summed E-state index contributed by atoms with van der Waals surface area (Å²) < 4.78 is 60.4. The predicted octanol–water partition coefficient (Wildman–Crippen LogP) is 15.2. The quantitative estimate of drug-likeness (QED) is 0.0801. The number of allylic oxidation sites excluding steroid dienone is 1. The van der Waals surface area contributed by atoms with Crippen LogP contribution < -0.4 is 19.3 Å². The molecule has 5 heterocycles. The van der Waals surface area contributed by atoms with Crippen LogP contribution in [0.5, 0.6) is 11.5 Å². The molecule has 7 aromatic rings. The van der Waals surface area contributed by atoms with Crippen molar-refractivity contribution in [1.29, 1.82) is 0 Å². The summed E-state index contributed by atoms with van der Waals surface area (Å²) in [5.74, 6) is 1.50. The van der Waals surface area contributed by atoms with E-state index in [1.54, 1.807) is 32.3 Å². The van der Waals surface area contributed by atoms with Crippen LogP contribution in [0.4, 0.5) is 11.4 Å². The Balaban J connectivity index is 0.000000170. The average Bonchev–Trinajstić information content (AvgIpc) is 1.62. The van der Waals surface area contributed by atoms with Gasteiger partial charge >= 0.3 is 252 Å². The molecule has 2 unspecified atom stereocenters. The molecule has 4 aliphatic heterocycles. The molecule has 1 aliphatic carbocycles. The van der Waals surface area contributed by atoms with E-state index in [9.17, 15) is 26.4 Å². The largest absolute Gasteiger partial charge is 0.265 e. The van der Waals surface area contributed by atoms with E-state index in [1.165, 1.54) is 67.0 Å². The van der Waals surface area contributed by atoms with Gasteiger partial charge in [-0.1, -0.05) is 72.3 Å². The minimum atomic E-state index is -3.32. The fourth-order valence-corrected chi connectivity index (χ4v) is 17.7. The van der Waals surface area contributed by atoms with E-state index in [2.05, 4.69) is 130 Å². The molecule has 2 atom stereocenters. The van der Waals surface area contributed by atoms with E-state index in [0.717, 1.165) is 108 Å². The molecule has 1 aromatic heterocycles. The first-order chi connectivity index (χ1) is 46.6. The van der Waals surface area contributed by atoms with Gasteiger partial charge in [-0.05, 0) is 115 Å². The molecule has 23 heteroatoms. The van der Waals surface area contributed by atoms with E-state index in [1.807, 2.05) is 105 Å². The van der Waals surface area contributed by atoms with Crippen LogP contribution in [-0.2, 0) is 56.7 Å². The Kier molecular flexibility index (Phi) is 30.9. The maximum Gasteiger partial charge on any atom is 0.0267 e. The summed E-state index contributed by atoms with van der Waals surface area (Å²) in [4.78, 5) is 36.7. The Morgan fingerprint density at radius 2 is 0.929 bits per heavy atom. The van der Waals surface area contributed by atoms with Crippen molar-refractivity contribution in [2.45, 2.75) is 93.3 Å². The van der Waals surface area contributed by atoms with E-state index in [4.69, 9.17) is 48.2 Å². The number of rotatable bonds is 13. The summed E-state index contributed by atoms with van der Waals surface area (Å²) in [6.07, 6.45) is 12.9. The van der Waals surface area contributed by atoms with Crippen LogP contribution in [0.15, 0.2) is 171 Å². The monoisotopic (exact) mass is 1620 g/mol. The second-order valence-electron chi connectivity index (χ2n) is 24.0. The molecule has 6 aromatic carbocycles. The maximum absolute atomic E-state index is 12.2. The number of sulfonamides is 2. The third-order valence-electron chi connectivity index (χ3n) is 16.3. The molecule has 4 fully saturated rings. The number of halogens is 4. The number of hydrogen-bond donors (Lipinski definition) is 0. The number of carbonyl (C=O) groups is 2. The Hall–Kier alpha value is -5.94. The number of likely N-dealkylation sites (tertiary alicyclic amines) is 2. The smallest absolute Gasteiger partial charge is 0.0267 e. The van der Waals surface area contributed by atoms with Gasteiger partial charge in [-0.25, -0.2) is 16.8 Å². The standard InChI is InChI=1S/C21H27N2.C15H19NO2.C15H10.C14H17NO2.C5H11N2O4S2.C5H5N.4ClH.2Ru/c1-14-9-16(3)20(17(4)10-14)22-7-8-23(13-22)21-18(5)11-15(2)12-19(21)6;1-3-13-8-4-5-9-14(13)18-12(2)15(17)16-10-6-7-11-16;1-2-6-12(7-3-1)15-11-10-13-8-4-5-9-14(13)15;1-11-7-3-4-8-13(11)17-12(2)14(16)15-9-5-6-10-15;1-12(8,9)6-3-4-7(5-6)13(2,10)11;1-2-4-6-5-3-1;;;;;;/h9-13H,7-8H2,1-6H3;3-5,8-9,12H,1,6-7,10-11H2,2H3;1-9,11H;1,3-4,7-8,12H,5-6,9-10H2,2H3;5H,3-4H2,1-2H3;1-5H;4*1H;;/q-1;;;;-1;;;;;;2*+2/p-4. The zero-order valence-electron chi connectivity index (χ0n) is 57.2. The van der Waals surface area contributed by atoms with Crippen LogP contribution in [0.2, 0.25) is 0 Å². The predicted molar refractivity (Wildman–Crippen MR) is 399 cm³/mol. The summed E-state index contributed by atoms with van der Waals surface area (Å²) in [6.45, 7) is 29.8. The summed E-state index contributed by atoms with van der Waals surface area (Å²) >= 11 is -3.79. The van der Waals surface area contributed by atoms with Crippen molar-refractivity contribution in [2.24, 2.45) is 0 Å². The van der Waals surface area contributed by atoms with Crippen molar-refractivity contribution in [1.82, 2.24) is 23.4 Å². The van der Waals surface area contributed by atoms with Crippen molar-refractivity contribution < 1.29 is 62.9 Å². The Labute approximate surface area is 608 Å². The first-order valence-electron chi connectivity index (χ1n) is 32.1. The number of pyridine rings is 1. The third-order valence-corrected chi connectivity index (χ3v) is 23.5. The molecular weight excluding hydrogens is 1530 g/mol. The second-order valence-corrected chi connectivity index (χ2v) is 39.5. The van der Waals surface area contributed by atoms with Gasteiger partial charge in [-0.2, -0.15) is 13.3 Å². The summed E-state index contributed by atoms with van der Waals surface area (Å²) in [6, 6.07) is 48.6. The van der Waals surface area contributed by atoms with Crippen molar-refractivity contribution >= 4 is 102 Å². The summed E-state index contributed by atoms with van der Waals surface area (Å²) in [7, 11) is 17.6. The van der Waals surface area contributed by atoms with E-state index < -0.39 is 59.3 Å². The van der Waals surface area contributed by atoms with Crippen molar-refractivity contribution in [3.8, 4) is 11.5 Å². The number of aryl methyl sites for hydroxylation is 6. The first-order valence-corrected chi connectivity index (χ1v) is 46.6. The molecule has 0 spiro atoms. The number of amides is 2. The number of fused-ring (bicyclic) bond motifs is 1. The van der Waals surface area contributed by atoms with Gasteiger partial charge < -0.3 is 28.0 Å². The minimum absolute atomic E-state index is 0.0447. The van der Waals surface area contributed by atoms with Gasteiger partial charge in [0.25, 0.3) is 5.91 Å². The number of carbonyl (C=O) groups excluding carboxylic acids is 2. The van der Waals surface area contributed by atoms with Gasteiger partial charge in [0.05, 0.1) is 12.5 Å². The molecule has 15 nitrogen and oxygen atoms in total. The SMILES string of the molecule is C=Cc1ccccc1OC(C)C(=O)N1CCCC1.CC(Oc1ccccc1[CH]=[Ru]([Cl])[Cl])C(=O)N1CCCC1.CS(=O)(=O)N1[CH-]N(S(C)(=O)=O)CC1.Cc1cc(C)c(N2[CH-]N(c3c(C)cc(C)cc3C)CC2)c(C)c1.[Cl][Ru]([Cl])=[C]1C=C(c2ccccc2)c2ccccc21.c1ccncc1.